The SMILES string of the molecule is CSCCNC(=O)c1cc(C)cc(N)c1. The van der Waals surface area contributed by atoms with E-state index < -0.39 is 0 Å². The van der Waals surface area contributed by atoms with Crippen LogP contribution in [-0.2, 0) is 0 Å². The fraction of sp³-hybridized carbons (Fsp3) is 0.364. The highest BCUT2D eigenvalue weighted by Crippen LogP contribution is 2.10. The third-order valence-electron chi connectivity index (χ3n) is 1.95. The molecule has 0 fully saturated rings. The van der Waals surface area contributed by atoms with Crippen molar-refractivity contribution in [3.63, 3.8) is 0 Å². The van der Waals surface area contributed by atoms with Gasteiger partial charge in [0.1, 0.15) is 0 Å². The fourth-order valence-corrected chi connectivity index (χ4v) is 1.62. The van der Waals surface area contributed by atoms with E-state index in [9.17, 15) is 4.79 Å². The molecule has 0 heterocycles. The van der Waals surface area contributed by atoms with Crippen molar-refractivity contribution in [2.75, 3.05) is 24.3 Å². The first-order valence-electron chi connectivity index (χ1n) is 4.78. The van der Waals surface area contributed by atoms with Gasteiger partial charge in [0.15, 0.2) is 0 Å². The van der Waals surface area contributed by atoms with E-state index in [1.165, 1.54) is 0 Å². The van der Waals surface area contributed by atoms with Gasteiger partial charge in [0.2, 0.25) is 0 Å². The lowest BCUT2D eigenvalue weighted by Crippen LogP contribution is -2.25. The van der Waals surface area contributed by atoms with Crippen LogP contribution in [-0.4, -0.2) is 24.5 Å². The molecule has 0 atom stereocenters. The molecular weight excluding hydrogens is 208 g/mol. The largest absolute Gasteiger partial charge is 0.399 e. The van der Waals surface area contributed by atoms with Gasteiger partial charge in [-0.25, -0.2) is 0 Å². The van der Waals surface area contributed by atoms with Crippen molar-refractivity contribution in [3.05, 3.63) is 29.3 Å². The number of nitrogens with two attached hydrogens (primary N) is 1. The molecule has 3 N–H and O–H groups in total. The van der Waals surface area contributed by atoms with Crippen molar-refractivity contribution < 1.29 is 4.79 Å². The Morgan fingerprint density at radius 1 is 1.47 bits per heavy atom. The number of nitrogen functional groups attached to an aromatic ring is 1. The van der Waals surface area contributed by atoms with Gasteiger partial charge in [0.25, 0.3) is 5.91 Å². The average Bonchev–Trinajstić information content (AvgIpc) is 2.16. The Balaban J connectivity index is 2.65. The number of amides is 1. The van der Waals surface area contributed by atoms with Gasteiger partial charge in [-0.15, -0.1) is 0 Å². The number of benzene rings is 1. The lowest BCUT2D eigenvalue weighted by molar-refractivity contribution is 0.0956. The smallest absolute Gasteiger partial charge is 0.251 e. The molecule has 0 aromatic heterocycles. The maximum atomic E-state index is 11.6. The second kappa shape index (κ2) is 5.66. The number of nitrogens with one attached hydrogen (secondary N) is 1. The van der Waals surface area contributed by atoms with Crippen molar-refractivity contribution in [3.8, 4) is 0 Å². The molecule has 1 aromatic rings. The lowest BCUT2D eigenvalue weighted by atomic mass is 10.1. The third-order valence-corrected chi connectivity index (χ3v) is 2.57. The summed E-state index contributed by atoms with van der Waals surface area (Å²) in [5.74, 6) is 0.868. The van der Waals surface area contributed by atoms with Crippen molar-refractivity contribution in [2.45, 2.75) is 6.92 Å². The van der Waals surface area contributed by atoms with Crippen LogP contribution in [0.25, 0.3) is 0 Å². The molecule has 4 heteroatoms. The summed E-state index contributed by atoms with van der Waals surface area (Å²) < 4.78 is 0. The summed E-state index contributed by atoms with van der Waals surface area (Å²) in [7, 11) is 0. The summed E-state index contributed by atoms with van der Waals surface area (Å²) >= 11 is 1.71. The molecule has 0 saturated heterocycles. The number of carbonyl (C=O) groups is 1. The number of rotatable bonds is 4. The Bertz CT molecular complexity index is 332. The predicted molar refractivity (Wildman–Crippen MR) is 66.3 cm³/mol. The van der Waals surface area contributed by atoms with Gasteiger partial charge >= 0.3 is 0 Å². The van der Waals surface area contributed by atoms with Crippen molar-refractivity contribution in [1.29, 1.82) is 0 Å². The lowest BCUT2D eigenvalue weighted by Gasteiger charge is -2.06. The summed E-state index contributed by atoms with van der Waals surface area (Å²) in [5, 5.41) is 2.84. The molecule has 0 radical (unpaired) electrons. The third kappa shape index (κ3) is 3.83. The van der Waals surface area contributed by atoms with Gasteiger partial charge in [-0.05, 0) is 36.9 Å². The maximum absolute atomic E-state index is 11.6. The van der Waals surface area contributed by atoms with Crippen LogP contribution in [0.3, 0.4) is 0 Å². The van der Waals surface area contributed by atoms with Crippen LogP contribution in [0.1, 0.15) is 15.9 Å². The van der Waals surface area contributed by atoms with Gasteiger partial charge in [-0.1, -0.05) is 0 Å². The van der Waals surface area contributed by atoms with Crippen molar-refractivity contribution >= 4 is 23.4 Å². The van der Waals surface area contributed by atoms with Crippen LogP contribution in [0.5, 0.6) is 0 Å². The maximum Gasteiger partial charge on any atom is 0.251 e. The van der Waals surface area contributed by atoms with Gasteiger partial charge in [0.05, 0.1) is 0 Å². The fourth-order valence-electron chi connectivity index (χ4n) is 1.31. The zero-order chi connectivity index (χ0) is 11.3. The summed E-state index contributed by atoms with van der Waals surface area (Å²) in [5.41, 5.74) is 7.94. The normalized spacial score (nSPS) is 10.0. The second-order valence-corrected chi connectivity index (χ2v) is 4.37. The molecule has 0 aliphatic heterocycles. The van der Waals surface area contributed by atoms with Gasteiger partial charge in [0, 0.05) is 23.5 Å². The Kier molecular flexibility index (Phi) is 4.49. The quantitative estimate of drug-likeness (QED) is 0.604. The number of thioether (sulfide) groups is 1. The van der Waals surface area contributed by atoms with E-state index in [1.54, 1.807) is 17.8 Å². The number of carbonyl (C=O) groups excluding carboxylic acids is 1. The molecular formula is C11H16N2OS. The summed E-state index contributed by atoms with van der Waals surface area (Å²) in [4.78, 5) is 11.6. The Labute approximate surface area is 94.4 Å². The highest BCUT2D eigenvalue weighted by Gasteiger charge is 2.05. The minimum atomic E-state index is -0.0561. The van der Waals surface area contributed by atoms with E-state index in [0.717, 1.165) is 11.3 Å². The van der Waals surface area contributed by atoms with Crippen LogP contribution in [0.2, 0.25) is 0 Å². The van der Waals surface area contributed by atoms with E-state index >= 15 is 0 Å². The molecule has 1 rings (SSSR count). The molecule has 1 amide bonds. The molecule has 0 aliphatic carbocycles. The summed E-state index contributed by atoms with van der Waals surface area (Å²) in [6.07, 6.45) is 2.01. The Hall–Kier alpha value is -1.16. The van der Waals surface area contributed by atoms with Gasteiger partial charge in [-0.2, -0.15) is 11.8 Å². The molecule has 15 heavy (non-hydrogen) atoms. The number of hydrogen-bond donors (Lipinski definition) is 2. The monoisotopic (exact) mass is 224 g/mol. The van der Waals surface area contributed by atoms with Crippen LogP contribution in [0, 0.1) is 6.92 Å². The summed E-state index contributed by atoms with van der Waals surface area (Å²) in [6.45, 7) is 2.61. The molecule has 1 aromatic carbocycles. The van der Waals surface area contributed by atoms with Crippen molar-refractivity contribution in [1.82, 2.24) is 5.32 Å². The molecule has 82 valence electrons. The van der Waals surface area contributed by atoms with Gasteiger partial charge < -0.3 is 11.1 Å². The highest BCUT2D eigenvalue weighted by atomic mass is 32.2. The zero-order valence-corrected chi connectivity index (χ0v) is 9.86. The first-order chi connectivity index (χ1) is 7.13. The van der Waals surface area contributed by atoms with Crippen LogP contribution in [0.4, 0.5) is 5.69 Å². The molecule has 0 bridgehead atoms. The predicted octanol–water partition coefficient (Wildman–Crippen LogP) is 1.67. The van der Waals surface area contributed by atoms with E-state index in [-0.39, 0.29) is 5.91 Å². The number of hydrogen-bond acceptors (Lipinski definition) is 3. The Morgan fingerprint density at radius 2 is 2.20 bits per heavy atom. The van der Waals surface area contributed by atoms with E-state index in [2.05, 4.69) is 5.32 Å². The number of aryl methyl sites for hydroxylation is 1. The van der Waals surface area contributed by atoms with Crippen LogP contribution in [0.15, 0.2) is 18.2 Å². The molecule has 3 nitrogen and oxygen atoms in total. The molecule has 0 aliphatic rings. The molecule has 0 saturated carbocycles. The average molecular weight is 224 g/mol. The molecule has 0 unspecified atom stereocenters. The van der Waals surface area contributed by atoms with Crippen molar-refractivity contribution in [2.24, 2.45) is 0 Å². The van der Waals surface area contributed by atoms with E-state index in [0.29, 0.717) is 17.8 Å². The highest BCUT2D eigenvalue weighted by molar-refractivity contribution is 7.98. The standard InChI is InChI=1S/C11H16N2OS/c1-8-5-9(7-10(12)6-8)11(14)13-3-4-15-2/h5-7H,3-4,12H2,1-2H3,(H,13,14). The zero-order valence-electron chi connectivity index (χ0n) is 9.04. The minimum absolute atomic E-state index is 0.0561. The topological polar surface area (TPSA) is 55.1 Å². The van der Waals surface area contributed by atoms with E-state index in [4.69, 9.17) is 5.73 Å². The Morgan fingerprint density at radius 3 is 2.80 bits per heavy atom. The van der Waals surface area contributed by atoms with Crippen LogP contribution >= 0.6 is 11.8 Å². The molecule has 0 spiro atoms. The summed E-state index contributed by atoms with van der Waals surface area (Å²) in [6, 6.07) is 5.38. The second-order valence-electron chi connectivity index (χ2n) is 3.38. The first-order valence-corrected chi connectivity index (χ1v) is 6.17. The van der Waals surface area contributed by atoms with Crippen LogP contribution < -0.4 is 11.1 Å². The van der Waals surface area contributed by atoms with E-state index in [1.807, 2.05) is 25.3 Å². The minimum Gasteiger partial charge on any atom is -0.399 e. The first kappa shape index (κ1) is 11.9. The van der Waals surface area contributed by atoms with Gasteiger partial charge in [-0.3, -0.25) is 4.79 Å². The number of anilines is 1.